The molecule has 1 saturated heterocycles. The Balaban J connectivity index is 1.61. The van der Waals surface area contributed by atoms with E-state index in [-0.39, 0.29) is 24.4 Å². The Morgan fingerprint density at radius 1 is 1.04 bits per heavy atom. The molecule has 0 aromatic heterocycles. The summed E-state index contributed by atoms with van der Waals surface area (Å²) in [4.78, 5) is 36.3. The largest absolute Gasteiger partial charge is 0.405 e. The third-order valence-electron chi connectivity index (χ3n) is 3.95. The topological polar surface area (TPSA) is 90.5 Å². The first-order valence-electron chi connectivity index (χ1n) is 7.90. The number of piperidine rings is 1. The van der Waals surface area contributed by atoms with Crippen LogP contribution in [0.4, 0.5) is 18.0 Å². The summed E-state index contributed by atoms with van der Waals surface area (Å²) in [6.07, 6.45) is -1.23. The summed E-state index contributed by atoms with van der Waals surface area (Å²) in [5.74, 6) is -0.410. The monoisotopic (exact) mass is 350 g/mol. The van der Waals surface area contributed by atoms with Gasteiger partial charge in [-0.3, -0.25) is 19.8 Å². The minimum atomic E-state index is -4.52. The number of alkyl halides is 3. The van der Waals surface area contributed by atoms with Crippen LogP contribution in [0, 0.1) is 5.92 Å². The average Bonchev–Trinajstić information content (AvgIpc) is 3.31. The van der Waals surface area contributed by atoms with E-state index in [1.165, 1.54) is 0 Å². The number of nitrogens with one attached hydrogen (secondary N) is 3. The van der Waals surface area contributed by atoms with Gasteiger partial charge in [-0.05, 0) is 25.7 Å². The first kappa shape index (κ1) is 18.5. The van der Waals surface area contributed by atoms with E-state index in [1.807, 2.05) is 5.32 Å². The highest BCUT2D eigenvalue weighted by Gasteiger charge is 2.32. The molecule has 0 unspecified atom stereocenters. The molecule has 0 radical (unpaired) electrons. The minimum absolute atomic E-state index is 0.0667. The van der Waals surface area contributed by atoms with Gasteiger partial charge >= 0.3 is 12.2 Å². The van der Waals surface area contributed by atoms with Gasteiger partial charge in [-0.2, -0.15) is 13.2 Å². The number of urea groups is 1. The Morgan fingerprint density at radius 3 is 2.21 bits per heavy atom. The quantitative estimate of drug-likeness (QED) is 0.668. The van der Waals surface area contributed by atoms with Crippen molar-refractivity contribution in [3.8, 4) is 0 Å². The molecule has 1 aliphatic carbocycles. The van der Waals surface area contributed by atoms with Gasteiger partial charge in [0, 0.05) is 25.0 Å². The standard InChI is InChI=1S/C14H21F3N4O3/c15-14(16,17)8-18-13(24)20-11(22)7-21-5-3-10(4-6-21)19-12(23)9-1-2-9/h9-10H,1-8H2,(H,19,23)(H2,18,20,22,24). The molecule has 0 aromatic rings. The molecule has 24 heavy (non-hydrogen) atoms. The molecule has 3 N–H and O–H groups in total. The zero-order valence-corrected chi connectivity index (χ0v) is 13.1. The summed E-state index contributed by atoms with van der Waals surface area (Å²) in [6, 6.07) is -1.07. The van der Waals surface area contributed by atoms with Crippen molar-refractivity contribution in [2.24, 2.45) is 5.92 Å². The molecule has 0 aromatic carbocycles. The van der Waals surface area contributed by atoms with E-state index in [9.17, 15) is 27.6 Å². The summed E-state index contributed by atoms with van der Waals surface area (Å²) >= 11 is 0. The second kappa shape index (κ2) is 7.82. The lowest BCUT2D eigenvalue weighted by Crippen LogP contribution is -2.50. The Kier molecular flexibility index (Phi) is 6.03. The number of hydrogen-bond donors (Lipinski definition) is 3. The smallest absolute Gasteiger partial charge is 0.353 e. The summed E-state index contributed by atoms with van der Waals surface area (Å²) in [5.41, 5.74) is 0. The molecule has 7 nitrogen and oxygen atoms in total. The van der Waals surface area contributed by atoms with Gasteiger partial charge in [-0.1, -0.05) is 0 Å². The minimum Gasteiger partial charge on any atom is -0.353 e. The summed E-state index contributed by atoms with van der Waals surface area (Å²) in [7, 11) is 0. The van der Waals surface area contributed by atoms with E-state index in [0.29, 0.717) is 25.9 Å². The number of rotatable bonds is 5. The highest BCUT2D eigenvalue weighted by molar-refractivity contribution is 5.95. The lowest BCUT2D eigenvalue weighted by molar-refractivity contribution is -0.125. The van der Waals surface area contributed by atoms with E-state index in [2.05, 4.69) is 5.32 Å². The van der Waals surface area contributed by atoms with Crippen LogP contribution in [-0.2, 0) is 9.59 Å². The van der Waals surface area contributed by atoms with Gasteiger partial charge in [-0.25, -0.2) is 4.79 Å². The lowest BCUT2D eigenvalue weighted by Gasteiger charge is -2.31. The van der Waals surface area contributed by atoms with Crippen LogP contribution in [-0.4, -0.2) is 61.1 Å². The molecule has 0 bridgehead atoms. The third kappa shape index (κ3) is 6.73. The van der Waals surface area contributed by atoms with E-state index < -0.39 is 24.7 Å². The number of carbonyl (C=O) groups is 3. The molecule has 1 aliphatic heterocycles. The van der Waals surface area contributed by atoms with Crippen molar-refractivity contribution in [3.05, 3.63) is 0 Å². The first-order chi connectivity index (χ1) is 11.2. The van der Waals surface area contributed by atoms with Crippen molar-refractivity contribution >= 4 is 17.8 Å². The van der Waals surface area contributed by atoms with Crippen LogP contribution in [0.25, 0.3) is 0 Å². The molecule has 136 valence electrons. The van der Waals surface area contributed by atoms with E-state index in [0.717, 1.165) is 12.8 Å². The summed E-state index contributed by atoms with van der Waals surface area (Å²) in [5, 5.41) is 6.42. The Labute approximate surface area is 137 Å². The van der Waals surface area contributed by atoms with Crippen molar-refractivity contribution in [2.45, 2.75) is 37.9 Å². The van der Waals surface area contributed by atoms with Crippen molar-refractivity contribution in [3.63, 3.8) is 0 Å². The Bertz CT molecular complexity index is 486. The maximum atomic E-state index is 11.9. The van der Waals surface area contributed by atoms with Crippen LogP contribution in [0.3, 0.4) is 0 Å². The second-order valence-electron chi connectivity index (χ2n) is 6.18. The molecule has 4 amide bonds. The van der Waals surface area contributed by atoms with Crippen molar-refractivity contribution in [2.75, 3.05) is 26.2 Å². The Morgan fingerprint density at radius 2 is 1.67 bits per heavy atom. The van der Waals surface area contributed by atoms with Gasteiger partial charge in [0.15, 0.2) is 0 Å². The zero-order chi connectivity index (χ0) is 17.7. The van der Waals surface area contributed by atoms with Crippen molar-refractivity contribution in [1.29, 1.82) is 0 Å². The molecule has 2 aliphatic rings. The van der Waals surface area contributed by atoms with Crippen LogP contribution < -0.4 is 16.0 Å². The molecule has 1 heterocycles. The fraction of sp³-hybridized carbons (Fsp3) is 0.786. The highest BCUT2D eigenvalue weighted by Crippen LogP contribution is 2.29. The average molecular weight is 350 g/mol. The van der Waals surface area contributed by atoms with Gasteiger partial charge in [0.2, 0.25) is 11.8 Å². The van der Waals surface area contributed by atoms with Gasteiger partial charge in [-0.15, -0.1) is 0 Å². The SMILES string of the molecule is O=C(CN1CCC(NC(=O)C2CC2)CC1)NC(=O)NCC(F)(F)F. The molecule has 2 fully saturated rings. The molecule has 0 spiro atoms. The molecule has 0 atom stereocenters. The Hall–Kier alpha value is -1.84. The van der Waals surface area contributed by atoms with E-state index in [4.69, 9.17) is 0 Å². The van der Waals surface area contributed by atoms with Crippen LogP contribution in [0.1, 0.15) is 25.7 Å². The fourth-order valence-corrected chi connectivity index (χ4v) is 2.49. The fourth-order valence-electron chi connectivity index (χ4n) is 2.49. The summed E-state index contributed by atoms with van der Waals surface area (Å²) < 4.78 is 35.8. The van der Waals surface area contributed by atoms with Crippen LogP contribution in [0.2, 0.25) is 0 Å². The number of carbonyl (C=O) groups excluding carboxylic acids is 3. The normalized spacial score (nSPS) is 19.6. The number of likely N-dealkylation sites (tertiary alicyclic amines) is 1. The number of nitrogens with zero attached hydrogens (tertiary/aromatic N) is 1. The number of amides is 4. The van der Waals surface area contributed by atoms with Crippen molar-refractivity contribution in [1.82, 2.24) is 20.9 Å². The van der Waals surface area contributed by atoms with Gasteiger partial charge in [0.25, 0.3) is 0 Å². The number of imide groups is 1. The second-order valence-corrected chi connectivity index (χ2v) is 6.18. The first-order valence-corrected chi connectivity index (χ1v) is 7.90. The molecule has 1 saturated carbocycles. The zero-order valence-electron chi connectivity index (χ0n) is 13.1. The van der Waals surface area contributed by atoms with Crippen molar-refractivity contribution < 1.29 is 27.6 Å². The predicted octanol–water partition coefficient (Wildman–Crippen LogP) is 0.365. The molecular formula is C14H21F3N4O3. The van der Waals surface area contributed by atoms with Crippen LogP contribution in [0.15, 0.2) is 0 Å². The van der Waals surface area contributed by atoms with Gasteiger partial charge < -0.3 is 10.6 Å². The van der Waals surface area contributed by atoms with Crippen LogP contribution >= 0.6 is 0 Å². The third-order valence-corrected chi connectivity index (χ3v) is 3.95. The van der Waals surface area contributed by atoms with E-state index >= 15 is 0 Å². The molecule has 2 rings (SSSR count). The van der Waals surface area contributed by atoms with Gasteiger partial charge in [0.1, 0.15) is 6.54 Å². The molecule has 10 heteroatoms. The molecular weight excluding hydrogens is 329 g/mol. The van der Waals surface area contributed by atoms with Crippen LogP contribution in [0.5, 0.6) is 0 Å². The number of halogens is 3. The number of hydrogen-bond acceptors (Lipinski definition) is 4. The van der Waals surface area contributed by atoms with E-state index in [1.54, 1.807) is 10.2 Å². The summed E-state index contributed by atoms with van der Waals surface area (Å²) in [6.45, 7) is -0.401. The highest BCUT2D eigenvalue weighted by atomic mass is 19.4. The maximum Gasteiger partial charge on any atom is 0.405 e. The maximum absolute atomic E-state index is 11.9. The predicted molar refractivity (Wildman–Crippen MR) is 77.9 cm³/mol. The lowest BCUT2D eigenvalue weighted by atomic mass is 10.0. The van der Waals surface area contributed by atoms with Gasteiger partial charge in [0.05, 0.1) is 6.54 Å².